The molecule has 0 spiro atoms. The van der Waals surface area contributed by atoms with Crippen molar-refractivity contribution >= 4 is 17.5 Å². The third-order valence-electron chi connectivity index (χ3n) is 3.46. The summed E-state index contributed by atoms with van der Waals surface area (Å²) in [4.78, 5) is 22.9. The van der Waals surface area contributed by atoms with Gasteiger partial charge in [0.15, 0.2) is 0 Å². The summed E-state index contributed by atoms with van der Waals surface area (Å²) in [6.45, 7) is 0. The molecule has 3 nitrogen and oxygen atoms in total. The highest BCUT2D eigenvalue weighted by Crippen LogP contribution is 2.38. The van der Waals surface area contributed by atoms with Crippen LogP contribution in [0.5, 0.6) is 0 Å². The van der Waals surface area contributed by atoms with Gasteiger partial charge in [0.1, 0.15) is 0 Å². The summed E-state index contributed by atoms with van der Waals surface area (Å²) in [6.07, 6.45) is 3.43. The van der Waals surface area contributed by atoms with Crippen molar-refractivity contribution in [2.45, 2.75) is 12.8 Å². The number of hydrogen-bond donors (Lipinski definition) is 0. The molecule has 0 unspecified atom stereocenters. The number of benzene rings is 1. The van der Waals surface area contributed by atoms with Crippen LogP contribution in [0.4, 0.5) is 0 Å². The van der Waals surface area contributed by atoms with Crippen molar-refractivity contribution in [2.75, 3.05) is 0 Å². The van der Waals surface area contributed by atoms with Crippen molar-refractivity contribution in [3.8, 4) is 0 Å². The van der Waals surface area contributed by atoms with E-state index in [9.17, 15) is 9.59 Å². The molecule has 1 aliphatic carbocycles. The van der Waals surface area contributed by atoms with Gasteiger partial charge in [0.2, 0.25) is 0 Å². The number of hydrogen-bond acceptors (Lipinski definition) is 3. The molecule has 0 N–H and O–H groups in total. The van der Waals surface area contributed by atoms with Crippen molar-refractivity contribution in [3.63, 3.8) is 0 Å². The normalized spacial score (nSPS) is 27.4. The summed E-state index contributed by atoms with van der Waals surface area (Å²) < 4.78 is 4.67. The lowest BCUT2D eigenvalue weighted by molar-refractivity contribution is -0.153. The van der Waals surface area contributed by atoms with Crippen LogP contribution >= 0.6 is 0 Å². The van der Waals surface area contributed by atoms with Crippen LogP contribution in [0.3, 0.4) is 0 Å². The van der Waals surface area contributed by atoms with E-state index in [-0.39, 0.29) is 17.8 Å². The first kappa shape index (κ1) is 10.3. The van der Waals surface area contributed by atoms with Crippen molar-refractivity contribution in [3.05, 3.63) is 42.0 Å². The number of fused-ring (bicyclic) bond motifs is 1. The van der Waals surface area contributed by atoms with Crippen LogP contribution in [0, 0.1) is 11.8 Å². The van der Waals surface area contributed by atoms with Crippen molar-refractivity contribution in [1.82, 2.24) is 0 Å². The minimum atomic E-state index is -0.395. The number of ether oxygens (including phenoxy) is 1. The van der Waals surface area contributed by atoms with E-state index in [4.69, 9.17) is 0 Å². The van der Waals surface area contributed by atoms with Crippen LogP contribution in [0.25, 0.3) is 5.57 Å². The predicted molar refractivity (Wildman–Crippen MR) is 61.7 cm³/mol. The molecule has 1 heterocycles. The van der Waals surface area contributed by atoms with Gasteiger partial charge in [-0.15, -0.1) is 0 Å². The van der Waals surface area contributed by atoms with Gasteiger partial charge < -0.3 is 4.74 Å². The molecule has 0 bridgehead atoms. The maximum absolute atomic E-state index is 11.5. The Morgan fingerprint density at radius 1 is 1.06 bits per heavy atom. The van der Waals surface area contributed by atoms with Crippen LogP contribution in [0.15, 0.2) is 36.4 Å². The van der Waals surface area contributed by atoms with Crippen LogP contribution in [-0.4, -0.2) is 11.9 Å². The quantitative estimate of drug-likeness (QED) is 0.546. The largest absolute Gasteiger partial charge is 0.392 e. The van der Waals surface area contributed by atoms with E-state index < -0.39 is 5.97 Å². The van der Waals surface area contributed by atoms with Gasteiger partial charge in [-0.3, -0.25) is 9.59 Å². The molecule has 0 radical (unpaired) electrons. The smallest absolute Gasteiger partial charge is 0.321 e. The van der Waals surface area contributed by atoms with E-state index in [1.54, 1.807) is 0 Å². The summed E-state index contributed by atoms with van der Waals surface area (Å²) in [6, 6.07) is 9.95. The molecule has 3 rings (SSSR count). The lowest BCUT2D eigenvalue weighted by atomic mass is 9.80. The van der Waals surface area contributed by atoms with Crippen LogP contribution < -0.4 is 0 Å². The number of carbonyl (C=O) groups is 2. The van der Waals surface area contributed by atoms with Crippen molar-refractivity contribution < 1.29 is 14.3 Å². The van der Waals surface area contributed by atoms with Crippen LogP contribution in [-0.2, 0) is 14.3 Å². The van der Waals surface area contributed by atoms with Gasteiger partial charge in [-0.05, 0) is 24.0 Å². The Morgan fingerprint density at radius 3 is 2.59 bits per heavy atom. The summed E-state index contributed by atoms with van der Waals surface area (Å²) in [5.41, 5.74) is 2.26. The topological polar surface area (TPSA) is 43.4 Å². The van der Waals surface area contributed by atoms with E-state index in [0.717, 1.165) is 17.6 Å². The minimum Gasteiger partial charge on any atom is -0.392 e. The maximum atomic E-state index is 11.5. The van der Waals surface area contributed by atoms with Gasteiger partial charge >= 0.3 is 11.9 Å². The molecule has 17 heavy (non-hydrogen) atoms. The van der Waals surface area contributed by atoms with Gasteiger partial charge in [0, 0.05) is 0 Å². The summed E-state index contributed by atoms with van der Waals surface area (Å²) >= 11 is 0. The van der Waals surface area contributed by atoms with Gasteiger partial charge in [-0.25, -0.2) is 0 Å². The van der Waals surface area contributed by atoms with Crippen LogP contribution in [0.1, 0.15) is 18.4 Å². The number of cyclic esters (lactones) is 2. The first-order chi connectivity index (χ1) is 8.25. The van der Waals surface area contributed by atoms with Crippen molar-refractivity contribution in [1.29, 1.82) is 0 Å². The molecule has 1 fully saturated rings. The molecular formula is C14H12O3. The molecule has 1 saturated heterocycles. The van der Waals surface area contributed by atoms with Gasteiger partial charge in [-0.1, -0.05) is 36.4 Å². The Balaban J connectivity index is 1.95. The third kappa shape index (κ3) is 1.68. The number of rotatable bonds is 1. The maximum Gasteiger partial charge on any atom is 0.321 e. The molecule has 86 valence electrons. The molecule has 0 saturated carbocycles. The molecule has 0 aromatic heterocycles. The molecule has 2 atom stereocenters. The van der Waals surface area contributed by atoms with Gasteiger partial charge in [0.25, 0.3) is 0 Å². The zero-order chi connectivity index (χ0) is 11.8. The summed E-state index contributed by atoms with van der Waals surface area (Å²) in [5.74, 6) is -1.38. The highest BCUT2D eigenvalue weighted by molar-refractivity contribution is 5.99. The first-order valence-electron chi connectivity index (χ1n) is 5.77. The molecule has 0 amide bonds. The van der Waals surface area contributed by atoms with E-state index in [1.807, 2.05) is 36.4 Å². The second kappa shape index (κ2) is 3.84. The molecule has 3 heteroatoms. The summed E-state index contributed by atoms with van der Waals surface area (Å²) in [5, 5.41) is 0. The molecule has 1 aromatic rings. The Morgan fingerprint density at radius 2 is 1.82 bits per heavy atom. The average Bonchev–Trinajstić information content (AvgIpc) is 2.66. The molecule has 1 aromatic carbocycles. The number of carbonyl (C=O) groups excluding carboxylic acids is 2. The molecular weight excluding hydrogens is 216 g/mol. The standard InChI is InChI=1S/C14H12O3/c15-13-11-7-6-10(8-12(11)14(16)17-13)9-4-2-1-3-5-9/h1-5,8,11-12H,6-7H2/t11-,12+/m1/s1. The Bertz CT molecular complexity index is 501. The summed E-state index contributed by atoms with van der Waals surface area (Å²) in [7, 11) is 0. The second-order valence-corrected chi connectivity index (χ2v) is 4.47. The first-order valence-corrected chi connectivity index (χ1v) is 5.77. The zero-order valence-corrected chi connectivity index (χ0v) is 9.26. The minimum absolute atomic E-state index is 0.255. The fourth-order valence-corrected chi connectivity index (χ4v) is 2.54. The van der Waals surface area contributed by atoms with E-state index >= 15 is 0 Å². The number of allylic oxidation sites excluding steroid dienone is 1. The lowest BCUT2D eigenvalue weighted by Gasteiger charge is -2.19. The van der Waals surface area contributed by atoms with E-state index in [2.05, 4.69) is 4.74 Å². The van der Waals surface area contributed by atoms with Crippen molar-refractivity contribution in [2.24, 2.45) is 11.8 Å². The fraction of sp³-hybridized carbons (Fsp3) is 0.286. The SMILES string of the molecule is O=C1OC(=O)[C@@H]2CCC(c3ccccc3)=C[C@H]12. The second-order valence-electron chi connectivity index (χ2n) is 4.47. The third-order valence-corrected chi connectivity index (χ3v) is 3.46. The monoisotopic (exact) mass is 228 g/mol. The lowest BCUT2D eigenvalue weighted by Crippen LogP contribution is -2.19. The molecule has 2 aliphatic rings. The fourth-order valence-electron chi connectivity index (χ4n) is 2.54. The average molecular weight is 228 g/mol. The van der Waals surface area contributed by atoms with E-state index in [0.29, 0.717) is 6.42 Å². The molecule has 1 aliphatic heterocycles. The highest BCUT2D eigenvalue weighted by atomic mass is 16.6. The van der Waals surface area contributed by atoms with Crippen LogP contribution in [0.2, 0.25) is 0 Å². The van der Waals surface area contributed by atoms with Gasteiger partial charge in [-0.2, -0.15) is 0 Å². The zero-order valence-electron chi connectivity index (χ0n) is 9.26. The van der Waals surface area contributed by atoms with Gasteiger partial charge in [0.05, 0.1) is 11.8 Å². The van der Waals surface area contributed by atoms with E-state index in [1.165, 1.54) is 0 Å². The Kier molecular flexibility index (Phi) is 2.32. The highest BCUT2D eigenvalue weighted by Gasteiger charge is 2.44. The predicted octanol–water partition coefficient (Wildman–Crippen LogP) is 2.18. The number of esters is 2. The Labute approximate surface area is 99.1 Å². The Hall–Kier alpha value is -1.90.